The van der Waals surface area contributed by atoms with Gasteiger partial charge in [-0.15, -0.1) is 5.10 Å². The largest absolute Gasteiger partial charge is 0.338 e. The molecule has 1 aromatic carbocycles. The molecule has 1 aliphatic heterocycles. The van der Waals surface area contributed by atoms with Gasteiger partial charge in [-0.1, -0.05) is 43.8 Å². The minimum atomic E-state index is -3.05. The number of hydrogen-bond acceptors (Lipinski definition) is 7. The molecule has 0 unspecified atom stereocenters. The number of sulfone groups is 1. The molecule has 2 aromatic rings. The van der Waals surface area contributed by atoms with Gasteiger partial charge in [0.1, 0.15) is 0 Å². The molecule has 1 fully saturated rings. The van der Waals surface area contributed by atoms with Crippen LogP contribution in [0.3, 0.4) is 0 Å². The van der Waals surface area contributed by atoms with Gasteiger partial charge in [-0.2, -0.15) is 4.68 Å². The summed E-state index contributed by atoms with van der Waals surface area (Å²) in [6.07, 6.45) is 0.507. The number of carbonyl (C=O) groups excluding carboxylic acids is 1. The number of aromatic nitrogens is 4. The molecule has 8 nitrogen and oxygen atoms in total. The summed E-state index contributed by atoms with van der Waals surface area (Å²) in [6, 6.07) is 9.22. The van der Waals surface area contributed by atoms with Crippen LogP contribution in [0.4, 0.5) is 0 Å². The van der Waals surface area contributed by atoms with Crippen LogP contribution >= 0.6 is 11.8 Å². The highest BCUT2D eigenvalue weighted by atomic mass is 32.2. The lowest BCUT2D eigenvalue weighted by Gasteiger charge is -2.29. The second kappa shape index (κ2) is 8.39. The number of thioether (sulfide) groups is 1. The average Bonchev–Trinajstić information content (AvgIpc) is 3.24. The summed E-state index contributed by atoms with van der Waals surface area (Å²) in [5.41, 5.74) is 0.818. The zero-order valence-electron chi connectivity index (χ0n) is 15.4. The predicted molar refractivity (Wildman–Crippen MR) is 103 cm³/mol. The maximum atomic E-state index is 12.9. The molecule has 1 aliphatic rings. The first-order chi connectivity index (χ1) is 12.9. The Morgan fingerprint density at radius 2 is 2.07 bits per heavy atom. The molecule has 146 valence electrons. The fourth-order valence-electron chi connectivity index (χ4n) is 3.08. The third kappa shape index (κ3) is 5.07. The number of amides is 1. The number of hydrogen-bond donors (Lipinski definition) is 0. The highest BCUT2D eigenvalue weighted by molar-refractivity contribution is 7.99. The van der Waals surface area contributed by atoms with Crippen molar-refractivity contribution in [3.8, 4) is 5.69 Å². The Labute approximate surface area is 163 Å². The zero-order chi connectivity index (χ0) is 19.4. The number of para-hydroxylation sites is 1. The van der Waals surface area contributed by atoms with Crippen LogP contribution in [0.15, 0.2) is 35.5 Å². The van der Waals surface area contributed by atoms with Crippen molar-refractivity contribution >= 4 is 27.5 Å². The van der Waals surface area contributed by atoms with Gasteiger partial charge in [-0.3, -0.25) is 4.79 Å². The number of tetrazole rings is 1. The molecule has 3 rings (SSSR count). The first kappa shape index (κ1) is 19.8. The lowest BCUT2D eigenvalue weighted by Crippen LogP contribution is -2.44. The Bertz CT molecular complexity index is 883. The van der Waals surface area contributed by atoms with E-state index in [2.05, 4.69) is 15.5 Å². The normalized spacial score (nSPS) is 18.7. The molecular weight excluding hydrogens is 386 g/mol. The van der Waals surface area contributed by atoms with Crippen LogP contribution in [-0.4, -0.2) is 69.3 Å². The molecule has 0 N–H and O–H groups in total. The number of rotatable bonds is 7. The van der Waals surface area contributed by atoms with E-state index in [9.17, 15) is 13.2 Å². The van der Waals surface area contributed by atoms with Gasteiger partial charge >= 0.3 is 0 Å². The zero-order valence-corrected chi connectivity index (χ0v) is 17.0. The average molecular weight is 410 g/mol. The van der Waals surface area contributed by atoms with Crippen molar-refractivity contribution in [2.24, 2.45) is 5.92 Å². The lowest BCUT2D eigenvalue weighted by molar-refractivity contribution is -0.130. The van der Waals surface area contributed by atoms with Gasteiger partial charge in [0.25, 0.3) is 0 Å². The maximum absolute atomic E-state index is 12.9. The summed E-state index contributed by atoms with van der Waals surface area (Å²) >= 11 is 1.26. The van der Waals surface area contributed by atoms with Gasteiger partial charge in [0.05, 0.1) is 22.9 Å². The van der Waals surface area contributed by atoms with E-state index in [1.807, 2.05) is 44.2 Å². The van der Waals surface area contributed by atoms with Crippen LogP contribution in [0.5, 0.6) is 0 Å². The van der Waals surface area contributed by atoms with Crippen molar-refractivity contribution in [3.05, 3.63) is 30.3 Å². The SMILES string of the molecule is CC(C)CN(C(=O)CSc1nnnn1-c1ccccc1)[C@H]1CCS(=O)(=O)C1. The third-order valence-corrected chi connectivity index (χ3v) is 6.95. The van der Waals surface area contributed by atoms with Gasteiger partial charge in [0.2, 0.25) is 11.1 Å². The van der Waals surface area contributed by atoms with Crippen molar-refractivity contribution in [1.29, 1.82) is 0 Å². The van der Waals surface area contributed by atoms with E-state index in [1.54, 1.807) is 9.58 Å². The molecule has 1 saturated heterocycles. The van der Waals surface area contributed by atoms with Gasteiger partial charge in [0.15, 0.2) is 9.84 Å². The van der Waals surface area contributed by atoms with E-state index >= 15 is 0 Å². The third-order valence-electron chi connectivity index (χ3n) is 4.30. The van der Waals surface area contributed by atoms with Crippen LogP contribution < -0.4 is 0 Å². The molecule has 27 heavy (non-hydrogen) atoms. The van der Waals surface area contributed by atoms with Crippen molar-refractivity contribution in [2.75, 3.05) is 23.8 Å². The van der Waals surface area contributed by atoms with E-state index in [-0.39, 0.29) is 35.1 Å². The first-order valence-electron chi connectivity index (χ1n) is 8.82. The van der Waals surface area contributed by atoms with Gasteiger partial charge < -0.3 is 4.90 Å². The second-order valence-electron chi connectivity index (χ2n) is 6.99. The van der Waals surface area contributed by atoms with Crippen molar-refractivity contribution < 1.29 is 13.2 Å². The molecule has 0 aliphatic carbocycles. The molecule has 1 aromatic heterocycles. The molecule has 0 radical (unpaired) electrons. The summed E-state index contributed by atoms with van der Waals surface area (Å²) in [4.78, 5) is 14.6. The second-order valence-corrected chi connectivity index (χ2v) is 10.2. The topological polar surface area (TPSA) is 98.1 Å². The Hall–Kier alpha value is -1.94. The van der Waals surface area contributed by atoms with E-state index < -0.39 is 9.84 Å². The van der Waals surface area contributed by atoms with Crippen molar-refractivity contribution in [3.63, 3.8) is 0 Å². The molecule has 2 heterocycles. The molecule has 0 saturated carbocycles. The van der Waals surface area contributed by atoms with E-state index in [0.29, 0.717) is 18.1 Å². The summed E-state index contributed by atoms with van der Waals surface area (Å²) < 4.78 is 25.2. The minimum Gasteiger partial charge on any atom is -0.338 e. The maximum Gasteiger partial charge on any atom is 0.233 e. The monoisotopic (exact) mass is 409 g/mol. The Kier molecular flexibility index (Phi) is 6.15. The number of carbonyl (C=O) groups is 1. The van der Waals surface area contributed by atoms with Crippen LogP contribution in [0.25, 0.3) is 5.69 Å². The lowest BCUT2D eigenvalue weighted by atomic mass is 10.1. The van der Waals surface area contributed by atoms with E-state index in [0.717, 1.165) is 5.69 Å². The molecule has 10 heteroatoms. The molecule has 0 spiro atoms. The smallest absolute Gasteiger partial charge is 0.233 e. The summed E-state index contributed by atoms with van der Waals surface area (Å²) in [6.45, 7) is 4.59. The molecule has 1 atom stereocenters. The standard InChI is InChI=1S/C17H23N5O3S2/c1-13(2)10-21(15-8-9-27(24,25)12-15)16(23)11-26-17-18-19-20-22(17)14-6-4-3-5-7-14/h3-7,13,15H,8-12H2,1-2H3/t15-/m0/s1. The minimum absolute atomic E-state index is 0.0535. The van der Waals surface area contributed by atoms with Gasteiger partial charge in [0, 0.05) is 12.6 Å². The fourth-order valence-corrected chi connectivity index (χ4v) is 5.59. The predicted octanol–water partition coefficient (Wildman–Crippen LogP) is 1.43. The molecular formula is C17H23N5O3S2. The van der Waals surface area contributed by atoms with E-state index in [1.165, 1.54) is 11.8 Å². The van der Waals surface area contributed by atoms with Crippen molar-refractivity contribution in [1.82, 2.24) is 25.1 Å². The van der Waals surface area contributed by atoms with Gasteiger partial charge in [-0.05, 0) is 34.9 Å². The first-order valence-corrected chi connectivity index (χ1v) is 11.6. The van der Waals surface area contributed by atoms with Crippen LogP contribution in [0.1, 0.15) is 20.3 Å². The highest BCUT2D eigenvalue weighted by Gasteiger charge is 2.34. The quantitative estimate of drug-likeness (QED) is 0.638. The summed E-state index contributed by atoms with van der Waals surface area (Å²) in [7, 11) is -3.05. The van der Waals surface area contributed by atoms with Crippen LogP contribution in [-0.2, 0) is 14.6 Å². The summed E-state index contributed by atoms with van der Waals surface area (Å²) in [5, 5.41) is 12.2. The summed E-state index contributed by atoms with van der Waals surface area (Å²) in [5.74, 6) is 0.545. The van der Waals surface area contributed by atoms with Gasteiger partial charge in [-0.25, -0.2) is 8.42 Å². The van der Waals surface area contributed by atoms with E-state index in [4.69, 9.17) is 0 Å². The molecule has 0 bridgehead atoms. The fraction of sp³-hybridized carbons (Fsp3) is 0.529. The highest BCUT2D eigenvalue weighted by Crippen LogP contribution is 2.23. The Morgan fingerprint density at radius 1 is 1.33 bits per heavy atom. The molecule has 1 amide bonds. The number of nitrogens with zero attached hydrogens (tertiary/aromatic N) is 5. The van der Waals surface area contributed by atoms with Crippen LogP contribution in [0, 0.1) is 5.92 Å². The van der Waals surface area contributed by atoms with Crippen molar-refractivity contribution in [2.45, 2.75) is 31.5 Å². The van der Waals surface area contributed by atoms with Crippen LogP contribution in [0.2, 0.25) is 0 Å². The Morgan fingerprint density at radius 3 is 2.70 bits per heavy atom. The number of benzene rings is 1. The Balaban J connectivity index is 1.69.